The van der Waals surface area contributed by atoms with Gasteiger partial charge in [-0.05, 0) is 19.9 Å². The minimum atomic E-state index is -3.59. The number of anilines is 1. The van der Waals surface area contributed by atoms with Gasteiger partial charge in [0.15, 0.2) is 9.84 Å². The van der Waals surface area contributed by atoms with E-state index in [0.29, 0.717) is 44.3 Å². The van der Waals surface area contributed by atoms with Crippen LogP contribution in [0.1, 0.15) is 17.3 Å². The number of benzene rings is 1. The summed E-state index contributed by atoms with van der Waals surface area (Å²) >= 11 is 0. The summed E-state index contributed by atoms with van der Waals surface area (Å²) in [5.41, 5.74) is 1.16. The zero-order valence-corrected chi connectivity index (χ0v) is 16.3. The second kappa shape index (κ2) is 7.28. The van der Waals surface area contributed by atoms with Crippen molar-refractivity contribution >= 4 is 21.2 Å². The molecule has 0 aliphatic carbocycles. The van der Waals surface area contributed by atoms with E-state index < -0.39 is 14.8 Å². The van der Waals surface area contributed by atoms with Crippen molar-refractivity contribution in [3.05, 3.63) is 45.7 Å². The Kier molecular flexibility index (Phi) is 5.20. The van der Waals surface area contributed by atoms with Crippen molar-refractivity contribution < 1.29 is 17.8 Å². The Morgan fingerprint density at radius 2 is 1.89 bits per heavy atom. The van der Waals surface area contributed by atoms with Crippen molar-refractivity contribution in [3.63, 3.8) is 0 Å². The summed E-state index contributed by atoms with van der Waals surface area (Å²) in [6.45, 7) is 7.02. The maximum Gasteiger partial charge on any atom is 0.270 e. The predicted octanol–water partition coefficient (Wildman–Crippen LogP) is 1.93. The fourth-order valence-corrected chi connectivity index (χ4v) is 4.03. The smallest absolute Gasteiger partial charge is 0.270 e. The van der Waals surface area contributed by atoms with Crippen molar-refractivity contribution in [2.75, 3.05) is 37.3 Å². The first-order valence-corrected chi connectivity index (χ1v) is 10.4. The zero-order valence-electron chi connectivity index (χ0n) is 15.5. The van der Waals surface area contributed by atoms with Gasteiger partial charge in [0.1, 0.15) is 5.76 Å². The van der Waals surface area contributed by atoms with Crippen LogP contribution in [0.4, 0.5) is 11.4 Å². The quantitative estimate of drug-likeness (QED) is 0.559. The van der Waals surface area contributed by atoms with E-state index in [9.17, 15) is 18.5 Å². The van der Waals surface area contributed by atoms with Crippen LogP contribution in [-0.2, 0) is 16.4 Å². The molecule has 1 aromatic carbocycles. The number of piperazine rings is 1. The minimum Gasteiger partial charge on any atom is -0.444 e. The Morgan fingerprint density at radius 3 is 2.41 bits per heavy atom. The number of hydrogen-bond acceptors (Lipinski definition) is 8. The van der Waals surface area contributed by atoms with Gasteiger partial charge in [0.05, 0.1) is 27.7 Å². The lowest BCUT2D eigenvalue weighted by Gasteiger charge is -2.36. The number of nitro benzene ring substituents is 1. The fourth-order valence-electron chi connectivity index (χ4n) is 3.12. The van der Waals surface area contributed by atoms with Gasteiger partial charge >= 0.3 is 0 Å². The number of oxazole rings is 1. The van der Waals surface area contributed by atoms with Crippen LogP contribution in [0.15, 0.2) is 27.5 Å². The van der Waals surface area contributed by atoms with E-state index in [1.807, 2.05) is 18.7 Å². The maximum absolute atomic E-state index is 12.1. The van der Waals surface area contributed by atoms with E-state index in [0.717, 1.165) is 23.8 Å². The van der Waals surface area contributed by atoms with Gasteiger partial charge in [-0.2, -0.15) is 0 Å². The normalized spacial score (nSPS) is 15.9. The molecule has 1 aromatic heterocycles. The van der Waals surface area contributed by atoms with Crippen LogP contribution in [0, 0.1) is 24.0 Å². The highest BCUT2D eigenvalue weighted by Crippen LogP contribution is 2.30. The van der Waals surface area contributed by atoms with E-state index >= 15 is 0 Å². The van der Waals surface area contributed by atoms with E-state index in [1.165, 1.54) is 12.1 Å². The first-order valence-electron chi connectivity index (χ1n) is 8.54. The molecule has 0 spiro atoms. The van der Waals surface area contributed by atoms with E-state index in [1.54, 1.807) is 0 Å². The van der Waals surface area contributed by atoms with Gasteiger partial charge in [0.2, 0.25) is 5.89 Å². The lowest BCUT2D eigenvalue weighted by Crippen LogP contribution is -2.46. The zero-order chi connectivity index (χ0) is 19.8. The third-order valence-electron chi connectivity index (χ3n) is 4.70. The minimum absolute atomic E-state index is 0.0101. The Hall–Kier alpha value is -2.46. The Labute approximate surface area is 157 Å². The molecule has 1 saturated heterocycles. The summed E-state index contributed by atoms with van der Waals surface area (Å²) in [4.78, 5) is 18.9. The molecule has 2 aromatic rings. The van der Waals surface area contributed by atoms with Crippen LogP contribution in [0.2, 0.25) is 0 Å². The second-order valence-electron chi connectivity index (χ2n) is 6.69. The number of sulfone groups is 1. The molecule has 0 unspecified atom stereocenters. The Morgan fingerprint density at radius 1 is 1.22 bits per heavy atom. The second-order valence-corrected chi connectivity index (χ2v) is 8.68. The van der Waals surface area contributed by atoms with Crippen molar-refractivity contribution in [2.24, 2.45) is 0 Å². The summed E-state index contributed by atoms with van der Waals surface area (Å²) in [7, 11) is -3.59. The predicted molar refractivity (Wildman–Crippen MR) is 99.7 cm³/mol. The third-order valence-corrected chi connectivity index (χ3v) is 5.82. The molecule has 0 saturated carbocycles. The molecule has 0 N–H and O–H groups in total. The number of rotatable bonds is 5. The average Bonchev–Trinajstić information content (AvgIpc) is 2.91. The van der Waals surface area contributed by atoms with E-state index in [-0.39, 0.29) is 10.6 Å². The number of aromatic nitrogens is 1. The molecule has 10 heteroatoms. The molecule has 1 fully saturated rings. The van der Waals surface area contributed by atoms with Crippen molar-refractivity contribution in [3.8, 4) is 0 Å². The van der Waals surface area contributed by atoms with Gasteiger partial charge in [-0.1, -0.05) is 0 Å². The third kappa shape index (κ3) is 4.28. The van der Waals surface area contributed by atoms with Crippen molar-refractivity contribution in [1.82, 2.24) is 9.88 Å². The highest BCUT2D eigenvalue weighted by Gasteiger charge is 2.25. The topological polar surface area (TPSA) is 110 Å². The highest BCUT2D eigenvalue weighted by atomic mass is 32.2. The molecule has 27 heavy (non-hydrogen) atoms. The molecule has 0 atom stereocenters. The van der Waals surface area contributed by atoms with Crippen LogP contribution in [0.3, 0.4) is 0 Å². The summed E-state index contributed by atoms with van der Waals surface area (Å²) in [6, 6.07) is 4.00. The van der Waals surface area contributed by atoms with Gasteiger partial charge in [-0.15, -0.1) is 0 Å². The fraction of sp³-hybridized carbons (Fsp3) is 0.471. The van der Waals surface area contributed by atoms with Crippen LogP contribution in [0.25, 0.3) is 0 Å². The van der Waals surface area contributed by atoms with Crippen molar-refractivity contribution in [2.45, 2.75) is 25.3 Å². The molecule has 1 aliphatic heterocycles. The molecule has 0 radical (unpaired) electrons. The molecule has 9 nitrogen and oxygen atoms in total. The Balaban J connectivity index is 1.74. The van der Waals surface area contributed by atoms with Gasteiger partial charge in [0, 0.05) is 44.6 Å². The summed E-state index contributed by atoms with van der Waals surface area (Å²) < 4.78 is 29.9. The number of hydrogen-bond donors (Lipinski definition) is 0. The van der Waals surface area contributed by atoms with Crippen LogP contribution in [-0.4, -0.2) is 55.7 Å². The van der Waals surface area contributed by atoms with Crippen LogP contribution in [0.5, 0.6) is 0 Å². The molecular weight excluding hydrogens is 372 g/mol. The standard InChI is InChI=1S/C17H22N4O5S/c1-12-13(2)26-17(18-12)11-19-6-8-20(9-7-19)15-5-4-14(21(22)23)10-16(15)27(3,24)25/h4-5,10H,6-9,11H2,1-3H3. The molecule has 0 bridgehead atoms. The molecule has 0 amide bonds. The van der Waals surface area contributed by atoms with Crippen molar-refractivity contribution in [1.29, 1.82) is 0 Å². The average molecular weight is 394 g/mol. The lowest BCUT2D eigenvalue weighted by atomic mass is 10.2. The van der Waals surface area contributed by atoms with E-state index in [4.69, 9.17) is 4.42 Å². The molecule has 3 rings (SSSR count). The van der Waals surface area contributed by atoms with Gasteiger partial charge in [-0.3, -0.25) is 15.0 Å². The van der Waals surface area contributed by atoms with Gasteiger partial charge < -0.3 is 9.32 Å². The summed E-state index contributed by atoms with van der Waals surface area (Å²) in [5.74, 6) is 1.48. The molecule has 2 heterocycles. The maximum atomic E-state index is 12.1. The van der Waals surface area contributed by atoms with Gasteiger partial charge in [0.25, 0.3) is 5.69 Å². The lowest BCUT2D eigenvalue weighted by molar-refractivity contribution is -0.385. The molecule has 146 valence electrons. The molecular formula is C17H22N4O5S. The summed E-state index contributed by atoms with van der Waals surface area (Å²) in [5, 5.41) is 11.0. The number of nitrogens with zero attached hydrogens (tertiary/aromatic N) is 4. The largest absolute Gasteiger partial charge is 0.444 e. The summed E-state index contributed by atoms with van der Waals surface area (Å²) in [6.07, 6.45) is 1.07. The first kappa shape index (κ1) is 19.3. The van der Waals surface area contributed by atoms with Gasteiger partial charge in [-0.25, -0.2) is 13.4 Å². The van der Waals surface area contributed by atoms with Crippen LogP contribution >= 0.6 is 0 Å². The van der Waals surface area contributed by atoms with E-state index in [2.05, 4.69) is 9.88 Å². The Bertz CT molecular complexity index is 942. The van der Waals surface area contributed by atoms with Crippen LogP contribution < -0.4 is 4.90 Å². The SMILES string of the molecule is Cc1nc(CN2CCN(c3ccc([N+](=O)[O-])cc3S(C)(=O)=O)CC2)oc1C. The molecule has 1 aliphatic rings. The highest BCUT2D eigenvalue weighted by molar-refractivity contribution is 7.90. The number of aryl methyl sites for hydroxylation is 2. The monoisotopic (exact) mass is 394 g/mol. The number of nitro groups is 1. The first-order chi connectivity index (χ1) is 12.6. The number of non-ortho nitro benzene ring substituents is 1.